The molecule has 0 aliphatic heterocycles. The quantitative estimate of drug-likeness (QED) is 0.468. The average Bonchev–Trinajstić information content (AvgIpc) is 3.25. The molecule has 0 aliphatic rings. The van der Waals surface area contributed by atoms with Crippen LogP contribution in [0, 0.1) is 0 Å². The van der Waals surface area contributed by atoms with Crippen LogP contribution in [0.15, 0.2) is 60.8 Å². The predicted molar refractivity (Wildman–Crippen MR) is 118 cm³/mol. The molecule has 3 heterocycles. The summed E-state index contributed by atoms with van der Waals surface area (Å²) in [5.74, 6) is 2.06. The number of fused-ring (bicyclic) bond motifs is 2. The lowest BCUT2D eigenvalue weighted by atomic mass is 10.2. The summed E-state index contributed by atoms with van der Waals surface area (Å²) in [7, 11) is 3.54. The van der Waals surface area contributed by atoms with Gasteiger partial charge in [-0.1, -0.05) is 12.1 Å². The Morgan fingerprint density at radius 2 is 1.87 bits per heavy atom. The Hall–Kier alpha value is -4.07. The molecule has 5 rings (SSSR count). The Kier molecular flexibility index (Phi) is 4.24. The highest BCUT2D eigenvalue weighted by Crippen LogP contribution is 2.28. The number of anilines is 3. The van der Waals surface area contributed by atoms with Gasteiger partial charge in [-0.25, -0.2) is 0 Å². The first kappa shape index (κ1) is 18.0. The Balaban J connectivity index is 1.51. The van der Waals surface area contributed by atoms with E-state index in [-0.39, 0.29) is 0 Å². The fourth-order valence-electron chi connectivity index (χ4n) is 3.62. The van der Waals surface area contributed by atoms with Crippen molar-refractivity contribution in [1.82, 2.24) is 24.5 Å². The third-order valence-electron chi connectivity index (χ3n) is 5.14. The third kappa shape index (κ3) is 3.08. The van der Waals surface area contributed by atoms with E-state index in [0.717, 1.165) is 38.9 Å². The van der Waals surface area contributed by atoms with Crippen molar-refractivity contribution >= 4 is 39.3 Å². The molecule has 0 radical (unpaired) electrons. The number of hydrogen-bond donors (Lipinski definition) is 2. The van der Waals surface area contributed by atoms with Gasteiger partial charge in [0.05, 0.1) is 24.7 Å². The van der Waals surface area contributed by atoms with Gasteiger partial charge in [-0.3, -0.25) is 14.3 Å². The maximum absolute atomic E-state index is 5.96. The minimum absolute atomic E-state index is 0.523. The van der Waals surface area contributed by atoms with E-state index in [4.69, 9.17) is 15.6 Å². The molecule has 5 aromatic rings. The van der Waals surface area contributed by atoms with Gasteiger partial charge in [-0.15, -0.1) is 0 Å². The Bertz CT molecular complexity index is 1350. The summed E-state index contributed by atoms with van der Waals surface area (Å²) < 4.78 is 8.97. The molecule has 150 valence electrons. The van der Waals surface area contributed by atoms with Gasteiger partial charge in [0, 0.05) is 24.3 Å². The molecule has 0 spiro atoms. The van der Waals surface area contributed by atoms with E-state index in [1.807, 2.05) is 66.3 Å². The first-order chi connectivity index (χ1) is 14.6. The van der Waals surface area contributed by atoms with Gasteiger partial charge in [0.25, 0.3) is 0 Å². The van der Waals surface area contributed by atoms with Crippen molar-refractivity contribution in [3.63, 3.8) is 0 Å². The summed E-state index contributed by atoms with van der Waals surface area (Å²) >= 11 is 0. The molecule has 0 unspecified atom stereocenters. The van der Waals surface area contributed by atoms with E-state index in [2.05, 4.69) is 15.4 Å². The second-order valence-corrected chi connectivity index (χ2v) is 7.09. The molecule has 0 amide bonds. The van der Waals surface area contributed by atoms with Crippen LogP contribution in [0.25, 0.3) is 21.9 Å². The van der Waals surface area contributed by atoms with Crippen LogP contribution in [0.5, 0.6) is 5.75 Å². The number of nitrogens with two attached hydrogens (primary N) is 1. The lowest BCUT2D eigenvalue weighted by molar-refractivity contribution is 0.414. The van der Waals surface area contributed by atoms with Crippen LogP contribution < -0.4 is 15.8 Å². The second kappa shape index (κ2) is 7.07. The summed E-state index contributed by atoms with van der Waals surface area (Å²) in [6.45, 7) is 0.630. The van der Waals surface area contributed by atoms with Crippen molar-refractivity contribution in [3.8, 4) is 5.75 Å². The molecule has 8 heteroatoms. The summed E-state index contributed by atoms with van der Waals surface area (Å²) in [6.07, 6.45) is 1.78. The van der Waals surface area contributed by atoms with Gasteiger partial charge in [-0.2, -0.15) is 10.2 Å². The van der Waals surface area contributed by atoms with E-state index in [0.29, 0.717) is 18.2 Å². The summed E-state index contributed by atoms with van der Waals surface area (Å²) in [5, 5.41) is 13.4. The molecule has 8 nitrogen and oxygen atoms in total. The first-order valence-electron chi connectivity index (χ1n) is 9.56. The van der Waals surface area contributed by atoms with E-state index < -0.39 is 0 Å². The van der Waals surface area contributed by atoms with E-state index in [1.54, 1.807) is 18.0 Å². The monoisotopic (exact) mass is 399 g/mol. The van der Waals surface area contributed by atoms with Crippen LogP contribution in [-0.4, -0.2) is 31.7 Å². The van der Waals surface area contributed by atoms with Gasteiger partial charge >= 0.3 is 0 Å². The molecular formula is C22H21N7O. The molecule has 3 aromatic heterocycles. The number of pyridine rings is 1. The standard InChI is InChI=1S/C22H21N7O/c1-28-19-12-15(7-10-17(19)21(23)26-28)25-22-20-18(4-3-11-24-20)29(27-22)13-14-5-8-16(30-2)9-6-14/h3-12H,13H2,1-2H3,(H2,23,26)(H,25,27). The van der Waals surface area contributed by atoms with Crippen LogP contribution in [0.4, 0.5) is 17.3 Å². The van der Waals surface area contributed by atoms with Gasteiger partial charge in [0.2, 0.25) is 0 Å². The van der Waals surface area contributed by atoms with Gasteiger partial charge in [0.15, 0.2) is 11.6 Å². The predicted octanol–water partition coefficient (Wildman–Crippen LogP) is 3.70. The smallest absolute Gasteiger partial charge is 0.179 e. The molecule has 0 saturated heterocycles. The number of hydrogen-bond acceptors (Lipinski definition) is 6. The second-order valence-electron chi connectivity index (χ2n) is 7.09. The summed E-state index contributed by atoms with van der Waals surface area (Å²) in [5.41, 5.74) is 10.7. The Morgan fingerprint density at radius 3 is 2.67 bits per heavy atom. The van der Waals surface area contributed by atoms with Crippen LogP contribution in [-0.2, 0) is 13.6 Å². The van der Waals surface area contributed by atoms with Gasteiger partial charge in [-0.05, 0) is 48.0 Å². The molecule has 30 heavy (non-hydrogen) atoms. The highest BCUT2D eigenvalue weighted by atomic mass is 16.5. The molecule has 0 saturated carbocycles. The lowest BCUT2D eigenvalue weighted by Crippen LogP contribution is -2.02. The maximum Gasteiger partial charge on any atom is 0.179 e. The number of rotatable bonds is 5. The van der Waals surface area contributed by atoms with E-state index in [1.165, 1.54) is 0 Å². The number of aryl methyl sites for hydroxylation is 1. The molecular weight excluding hydrogens is 378 g/mol. The SMILES string of the molecule is COc1ccc(Cn2nc(Nc3ccc4c(N)nn(C)c4c3)c3ncccc32)cc1. The normalized spacial score (nSPS) is 11.3. The van der Waals surface area contributed by atoms with Crippen molar-refractivity contribution in [2.75, 3.05) is 18.2 Å². The van der Waals surface area contributed by atoms with Crippen molar-refractivity contribution < 1.29 is 4.74 Å². The van der Waals surface area contributed by atoms with Crippen molar-refractivity contribution in [3.05, 3.63) is 66.4 Å². The molecule has 2 aromatic carbocycles. The van der Waals surface area contributed by atoms with Crippen molar-refractivity contribution in [2.45, 2.75) is 6.54 Å². The Labute approximate surface area is 172 Å². The first-order valence-corrected chi connectivity index (χ1v) is 9.56. The van der Waals surface area contributed by atoms with Crippen LogP contribution in [0.3, 0.4) is 0 Å². The molecule has 0 atom stereocenters. The van der Waals surface area contributed by atoms with Crippen LogP contribution >= 0.6 is 0 Å². The zero-order valence-electron chi connectivity index (χ0n) is 16.7. The number of nitrogens with one attached hydrogen (secondary N) is 1. The fourth-order valence-corrected chi connectivity index (χ4v) is 3.62. The number of nitrogens with zero attached hydrogens (tertiary/aromatic N) is 5. The molecule has 3 N–H and O–H groups in total. The average molecular weight is 399 g/mol. The maximum atomic E-state index is 5.96. The van der Waals surface area contributed by atoms with Crippen LogP contribution in [0.2, 0.25) is 0 Å². The third-order valence-corrected chi connectivity index (χ3v) is 5.14. The highest BCUT2D eigenvalue weighted by Gasteiger charge is 2.13. The van der Waals surface area contributed by atoms with Crippen molar-refractivity contribution in [2.24, 2.45) is 7.05 Å². The van der Waals surface area contributed by atoms with Crippen molar-refractivity contribution in [1.29, 1.82) is 0 Å². The number of aromatic nitrogens is 5. The van der Waals surface area contributed by atoms with Crippen LogP contribution in [0.1, 0.15) is 5.56 Å². The zero-order chi connectivity index (χ0) is 20.7. The minimum atomic E-state index is 0.523. The molecule has 0 aliphatic carbocycles. The Morgan fingerprint density at radius 1 is 1.03 bits per heavy atom. The van der Waals surface area contributed by atoms with E-state index in [9.17, 15) is 0 Å². The van der Waals surface area contributed by atoms with E-state index >= 15 is 0 Å². The molecule has 0 bridgehead atoms. The van der Waals surface area contributed by atoms with Gasteiger partial charge in [0.1, 0.15) is 11.3 Å². The number of ether oxygens (including phenoxy) is 1. The zero-order valence-corrected chi connectivity index (χ0v) is 16.7. The largest absolute Gasteiger partial charge is 0.497 e. The lowest BCUT2D eigenvalue weighted by Gasteiger charge is -2.05. The number of nitrogen functional groups attached to an aromatic ring is 1. The topological polar surface area (TPSA) is 95.8 Å². The minimum Gasteiger partial charge on any atom is -0.497 e. The van der Waals surface area contributed by atoms with Gasteiger partial charge < -0.3 is 15.8 Å². The molecule has 0 fully saturated rings. The fraction of sp³-hybridized carbons (Fsp3) is 0.136. The number of benzene rings is 2. The summed E-state index contributed by atoms with van der Waals surface area (Å²) in [6, 6.07) is 17.9. The summed E-state index contributed by atoms with van der Waals surface area (Å²) in [4.78, 5) is 4.55. The highest BCUT2D eigenvalue weighted by molar-refractivity contribution is 5.93. The number of methoxy groups -OCH3 is 1.